The molecule has 0 spiro atoms. The summed E-state index contributed by atoms with van der Waals surface area (Å²) in [4.78, 5) is 8.67. The summed E-state index contributed by atoms with van der Waals surface area (Å²) in [5.41, 5.74) is 1.47. The Kier molecular flexibility index (Phi) is 3.77. The first kappa shape index (κ1) is 13.0. The lowest BCUT2D eigenvalue weighted by atomic mass is 10.2. The summed E-state index contributed by atoms with van der Waals surface area (Å²) in [6, 6.07) is 7.48. The van der Waals surface area contributed by atoms with Crippen LogP contribution in [0.2, 0.25) is 5.15 Å². The van der Waals surface area contributed by atoms with E-state index in [1.54, 1.807) is 0 Å². The van der Waals surface area contributed by atoms with E-state index in [-0.39, 0.29) is 5.15 Å². The van der Waals surface area contributed by atoms with Gasteiger partial charge < -0.3 is 5.32 Å². The highest BCUT2D eigenvalue weighted by Crippen LogP contribution is 2.22. The first-order chi connectivity index (χ1) is 9.24. The molecule has 2 atom stereocenters. The number of halogens is 1. The van der Waals surface area contributed by atoms with Crippen LogP contribution in [-0.4, -0.2) is 33.0 Å². The van der Waals surface area contributed by atoms with Crippen LogP contribution in [-0.2, 0) is 10.8 Å². The largest absolute Gasteiger partial charge is 0.316 e. The number of para-hydroxylation sites is 2. The maximum atomic E-state index is 12.4. The zero-order valence-electron chi connectivity index (χ0n) is 10.3. The summed E-state index contributed by atoms with van der Waals surface area (Å²) in [6.07, 6.45) is 1.06. The molecule has 19 heavy (non-hydrogen) atoms. The molecule has 4 nitrogen and oxygen atoms in total. The van der Waals surface area contributed by atoms with Crippen molar-refractivity contribution >= 4 is 33.4 Å². The number of hydrogen-bond acceptors (Lipinski definition) is 4. The highest BCUT2D eigenvalue weighted by atomic mass is 35.5. The van der Waals surface area contributed by atoms with Crippen LogP contribution < -0.4 is 5.32 Å². The average Bonchev–Trinajstić information content (AvgIpc) is 2.90. The van der Waals surface area contributed by atoms with Gasteiger partial charge in [-0.1, -0.05) is 23.7 Å². The Hall–Kier alpha value is -1.04. The molecule has 6 heteroatoms. The molecule has 1 fully saturated rings. The lowest BCUT2D eigenvalue weighted by Gasteiger charge is -2.09. The van der Waals surface area contributed by atoms with Crippen molar-refractivity contribution in [1.29, 1.82) is 0 Å². The van der Waals surface area contributed by atoms with Gasteiger partial charge in [-0.25, -0.2) is 9.97 Å². The van der Waals surface area contributed by atoms with Crippen molar-refractivity contribution in [3.8, 4) is 0 Å². The van der Waals surface area contributed by atoms with E-state index in [9.17, 15) is 4.21 Å². The topological polar surface area (TPSA) is 54.9 Å². The molecule has 100 valence electrons. The number of rotatable bonds is 3. The van der Waals surface area contributed by atoms with E-state index in [1.165, 1.54) is 0 Å². The molecule has 1 N–H and O–H groups in total. The molecule has 1 aromatic heterocycles. The van der Waals surface area contributed by atoms with Gasteiger partial charge in [0.05, 0.1) is 21.8 Å². The van der Waals surface area contributed by atoms with E-state index in [1.807, 2.05) is 24.3 Å². The van der Waals surface area contributed by atoms with Crippen LogP contribution in [0.25, 0.3) is 11.0 Å². The van der Waals surface area contributed by atoms with Gasteiger partial charge in [0, 0.05) is 5.75 Å². The number of nitrogens with one attached hydrogen (secondary N) is 1. The summed E-state index contributed by atoms with van der Waals surface area (Å²) in [5, 5.41) is 3.93. The van der Waals surface area contributed by atoms with E-state index < -0.39 is 10.8 Å². The average molecular weight is 296 g/mol. The summed E-state index contributed by atoms with van der Waals surface area (Å²) in [7, 11) is -1.19. The summed E-state index contributed by atoms with van der Waals surface area (Å²) in [6.45, 7) is 1.92. The van der Waals surface area contributed by atoms with Gasteiger partial charge in [-0.15, -0.1) is 0 Å². The summed E-state index contributed by atoms with van der Waals surface area (Å²) < 4.78 is 12.4. The normalized spacial score (nSPS) is 20.8. The van der Waals surface area contributed by atoms with Crippen LogP contribution in [0.5, 0.6) is 0 Å². The SMILES string of the molecule is O=[S@](C[C@H]1CCNC1)c1nc2ccccc2nc1Cl. The third kappa shape index (κ3) is 2.78. The van der Waals surface area contributed by atoms with Crippen molar-refractivity contribution in [3.05, 3.63) is 29.4 Å². The van der Waals surface area contributed by atoms with Gasteiger partial charge in [-0.05, 0) is 37.6 Å². The Morgan fingerprint density at radius 3 is 2.74 bits per heavy atom. The van der Waals surface area contributed by atoms with Gasteiger partial charge >= 0.3 is 0 Å². The first-order valence-electron chi connectivity index (χ1n) is 6.25. The van der Waals surface area contributed by atoms with Gasteiger partial charge in [-0.3, -0.25) is 4.21 Å². The molecule has 1 aliphatic rings. The fourth-order valence-corrected chi connectivity index (χ4v) is 3.95. The second-order valence-corrected chi connectivity index (χ2v) is 6.45. The van der Waals surface area contributed by atoms with Crippen molar-refractivity contribution in [2.45, 2.75) is 11.4 Å². The molecule has 2 heterocycles. The zero-order chi connectivity index (χ0) is 13.2. The first-order valence-corrected chi connectivity index (χ1v) is 7.95. The molecule has 1 aliphatic heterocycles. The number of benzene rings is 1. The van der Waals surface area contributed by atoms with Crippen LogP contribution in [0.3, 0.4) is 0 Å². The van der Waals surface area contributed by atoms with Crippen LogP contribution >= 0.6 is 11.6 Å². The molecule has 0 radical (unpaired) electrons. The van der Waals surface area contributed by atoms with Gasteiger partial charge in [0.2, 0.25) is 0 Å². The van der Waals surface area contributed by atoms with Crippen molar-refractivity contribution in [1.82, 2.24) is 15.3 Å². The Morgan fingerprint density at radius 1 is 1.32 bits per heavy atom. The van der Waals surface area contributed by atoms with Gasteiger partial charge in [0.25, 0.3) is 0 Å². The summed E-state index contributed by atoms with van der Waals surface area (Å²) >= 11 is 6.10. The van der Waals surface area contributed by atoms with Gasteiger partial charge in [-0.2, -0.15) is 0 Å². The molecule has 0 amide bonds. The van der Waals surface area contributed by atoms with Gasteiger partial charge in [0.1, 0.15) is 0 Å². The maximum Gasteiger partial charge on any atom is 0.165 e. The van der Waals surface area contributed by atoms with E-state index in [0.29, 0.717) is 16.7 Å². The van der Waals surface area contributed by atoms with E-state index in [4.69, 9.17) is 11.6 Å². The lowest BCUT2D eigenvalue weighted by molar-refractivity contribution is 0.631. The third-order valence-corrected chi connectivity index (χ3v) is 5.13. The molecule has 0 bridgehead atoms. The fraction of sp³-hybridized carbons (Fsp3) is 0.385. The summed E-state index contributed by atoms with van der Waals surface area (Å²) in [5.74, 6) is 1.03. The monoisotopic (exact) mass is 295 g/mol. The van der Waals surface area contributed by atoms with Crippen LogP contribution in [0.4, 0.5) is 0 Å². The molecule has 0 saturated carbocycles. The Morgan fingerprint density at radius 2 is 2.05 bits per heavy atom. The fourth-order valence-electron chi connectivity index (χ4n) is 2.26. The van der Waals surface area contributed by atoms with Crippen molar-refractivity contribution in [3.63, 3.8) is 0 Å². The number of hydrogen-bond donors (Lipinski definition) is 1. The molecular formula is C13H14ClN3OS. The molecular weight excluding hydrogens is 282 g/mol. The molecule has 0 unspecified atom stereocenters. The second kappa shape index (κ2) is 5.53. The molecule has 0 aliphatic carbocycles. The predicted octanol–water partition coefficient (Wildman–Crippen LogP) is 2.00. The number of fused-ring (bicyclic) bond motifs is 1. The minimum absolute atomic E-state index is 0.253. The van der Waals surface area contributed by atoms with Crippen molar-refractivity contribution < 1.29 is 4.21 Å². The quantitative estimate of drug-likeness (QED) is 0.941. The van der Waals surface area contributed by atoms with Gasteiger partial charge in [0.15, 0.2) is 10.2 Å². The molecule has 1 aromatic carbocycles. The van der Waals surface area contributed by atoms with E-state index >= 15 is 0 Å². The van der Waals surface area contributed by atoms with E-state index in [2.05, 4.69) is 15.3 Å². The highest BCUT2D eigenvalue weighted by molar-refractivity contribution is 7.85. The predicted molar refractivity (Wildman–Crippen MR) is 76.8 cm³/mol. The second-order valence-electron chi connectivity index (χ2n) is 4.68. The Bertz CT molecular complexity index is 628. The Balaban J connectivity index is 1.90. The zero-order valence-corrected chi connectivity index (χ0v) is 11.9. The van der Waals surface area contributed by atoms with Crippen molar-refractivity contribution in [2.24, 2.45) is 5.92 Å². The van der Waals surface area contributed by atoms with Crippen LogP contribution in [0.15, 0.2) is 29.3 Å². The minimum atomic E-state index is -1.19. The van der Waals surface area contributed by atoms with Crippen LogP contribution in [0.1, 0.15) is 6.42 Å². The number of aromatic nitrogens is 2. The lowest BCUT2D eigenvalue weighted by Crippen LogP contribution is -2.16. The third-order valence-electron chi connectivity index (χ3n) is 3.26. The standard InChI is InChI=1S/C13H14ClN3OS/c14-12-13(19(18)8-9-5-6-15-7-9)17-11-4-2-1-3-10(11)16-12/h1-4,9,15H,5-8H2/t9-,19+/m0/s1. The van der Waals surface area contributed by atoms with Crippen LogP contribution in [0, 0.1) is 5.92 Å². The highest BCUT2D eigenvalue weighted by Gasteiger charge is 2.21. The Labute approximate surface area is 119 Å². The van der Waals surface area contributed by atoms with E-state index in [0.717, 1.165) is 30.5 Å². The minimum Gasteiger partial charge on any atom is -0.316 e. The smallest absolute Gasteiger partial charge is 0.165 e. The maximum absolute atomic E-state index is 12.4. The molecule has 2 aromatic rings. The molecule has 1 saturated heterocycles. The number of nitrogens with zero attached hydrogens (tertiary/aromatic N) is 2. The van der Waals surface area contributed by atoms with Crippen molar-refractivity contribution in [2.75, 3.05) is 18.8 Å². The molecule has 3 rings (SSSR count).